The molecule has 0 bridgehead atoms. The van der Waals surface area contributed by atoms with E-state index in [1.165, 1.54) is 0 Å². The van der Waals surface area contributed by atoms with Crippen LogP contribution in [0, 0.1) is 0 Å². The zero-order valence-electron chi connectivity index (χ0n) is 9.28. The molecule has 2 aromatic rings. The fourth-order valence-corrected chi connectivity index (χ4v) is 2.68. The Labute approximate surface area is 115 Å². The molecule has 0 saturated heterocycles. The number of rotatable bonds is 1. The molecule has 1 aliphatic rings. The topological polar surface area (TPSA) is 29.1 Å². The predicted molar refractivity (Wildman–Crippen MR) is 73.4 cm³/mol. The standard InChI is InChI=1S/C14H9Cl2NO/c15-8-5-6-12-10(7-8)13(14(18)17-12)9-3-1-2-4-11(9)16/h1-7,13H,(H,17,18). The third-order valence-corrected chi connectivity index (χ3v) is 3.64. The predicted octanol–water partition coefficient (Wildman–Crippen LogP) is 4.08. The molecule has 0 fully saturated rings. The molecule has 1 amide bonds. The lowest BCUT2D eigenvalue weighted by atomic mass is 9.92. The van der Waals surface area contributed by atoms with Gasteiger partial charge in [0.15, 0.2) is 0 Å². The molecule has 1 aliphatic heterocycles. The van der Waals surface area contributed by atoms with Gasteiger partial charge < -0.3 is 5.32 Å². The first-order valence-corrected chi connectivity index (χ1v) is 6.27. The zero-order valence-corrected chi connectivity index (χ0v) is 10.8. The van der Waals surface area contributed by atoms with Gasteiger partial charge in [0.05, 0.1) is 5.92 Å². The fourth-order valence-electron chi connectivity index (χ4n) is 2.25. The van der Waals surface area contributed by atoms with Crippen LogP contribution in [0.4, 0.5) is 5.69 Å². The molecule has 1 atom stereocenters. The molecular formula is C14H9Cl2NO. The van der Waals surface area contributed by atoms with E-state index in [9.17, 15) is 4.79 Å². The van der Waals surface area contributed by atoms with Crippen molar-refractivity contribution in [3.8, 4) is 0 Å². The third kappa shape index (κ3) is 1.78. The molecule has 0 aliphatic carbocycles. The molecule has 3 rings (SSSR count). The van der Waals surface area contributed by atoms with Gasteiger partial charge >= 0.3 is 0 Å². The van der Waals surface area contributed by atoms with Gasteiger partial charge in [-0.05, 0) is 35.4 Å². The molecule has 1 heterocycles. The van der Waals surface area contributed by atoms with Crippen molar-refractivity contribution in [1.29, 1.82) is 0 Å². The van der Waals surface area contributed by atoms with Crippen molar-refractivity contribution in [2.45, 2.75) is 5.92 Å². The summed E-state index contributed by atoms with van der Waals surface area (Å²) >= 11 is 12.2. The molecule has 1 unspecified atom stereocenters. The molecule has 2 aromatic carbocycles. The number of hydrogen-bond acceptors (Lipinski definition) is 1. The van der Waals surface area contributed by atoms with Crippen molar-refractivity contribution >= 4 is 34.8 Å². The van der Waals surface area contributed by atoms with Crippen molar-refractivity contribution < 1.29 is 4.79 Å². The van der Waals surface area contributed by atoms with Crippen LogP contribution >= 0.6 is 23.2 Å². The van der Waals surface area contributed by atoms with E-state index in [-0.39, 0.29) is 11.8 Å². The Morgan fingerprint density at radius 1 is 1.00 bits per heavy atom. The van der Waals surface area contributed by atoms with Gasteiger partial charge in [-0.3, -0.25) is 4.79 Å². The van der Waals surface area contributed by atoms with Crippen LogP contribution < -0.4 is 5.32 Å². The van der Waals surface area contributed by atoms with Crippen LogP contribution in [0.3, 0.4) is 0 Å². The van der Waals surface area contributed by atoms with E-state index in [0.29, 0.717) is 10.0 Å². The number of hydrogen-bond donors (Lipinski definition) is 1. The van der Waals surface area contributed by atoms with Crippen LogP contribution in [0.1, 0.15) is 17.0 Å². The van der Waals surface area contributed by atoms with Crippen molar-refractivity contribution in [2.24, 2.45) is 0 Å². The minimum Gasteiger partial charge on any atom is -0.325 e. The summed E-state index contributed by atoms with van der Waals surface area (Å²) in [7, 11) is 0. The number of fused-ring (bicyclic) bond motifs is 1. The van der Waals surface area contributed by atoms with Crippen LogP contribution in [0.5, 0.6) is 0 Å². The Bertz CT molecular complexity index is 639. The fraction of sp³-hybridized carbons (Fsp3) is 0.0714. The molecular weight excluding hydrogens is 269 g/mol. The van der Waals surface area contributed by atoms with E-state index in [4.69, 9.17) is 23.2 Å². The maximum absolute atomic E-state index is 12.1. The van der Waals surface area contributed by atoms with Gasteiger partial charge in [0, 0.05) is 15.7 Å². The normalized spacial score (nSPS) is 17.4. The van der Waals surface area contributed by atoms with E-state index in [1.54, 1.807) is 12.1 Å². The molecule has 0 saturated carbocycles. The van der Waals surface area contributed by atoms with Crippen LogP contribution in [-0.2, 0) is 4.79 Å². The molecule has 18 heavy (non-hydrogen) atoms. The summed E-state index contributed by atoms with van der Waals surface area (Å²) in [5.74, 6) is -0.451. The van der Waals surface area contributed by atoms with Gasteiger partial charge in [0.2, 0.25) is 5.91 Å². The summed E-state index contributed by atoms with van der Waals surface area (Å²) in [6.45, 7) is 0. The number of amides is 1. The Morgan fingerprint density at radius 2 is 1.78 bits per heavy atom. The SMILES string of the molecule is O=C1Nc2ccc(Cl)cc2C1c1ccccc1Cl. The number of benzene rings is 2. The highest BCUT2D eigenvalue weighted by molar-refractivity contribution is 6.32. The number of anilines is 1. The minimum atomic E-state index is -0.382. The lowest BCUT2D eigenvalue weighted by Gasteiger charge is -2.11. The third-order valence-electron chi connectivity index (χ3n) is 3.06. The van der Waals surface area contributed by atoms with E-state index in [2.05, 4.69) is 5.32 Å². The van der Waals surface area contributed by atoms with Gasteiger partial charge in [-0.2, -0.15) is 0 Å². The summed E-state index contributed by atoms with van der Waals surface area (Å²) in [5.41, 5.74) is 2.48. The molecule has 0 aromatic heterocycles. The smallest absolute Gasteiger partial charge is 0.236 e. The van der Waals surface area contributed by atoms with E-state index in [0.717, 1.165) is 16.8 Å². The highest BCUT2D eigenvalue weighted by Gasteiger charge is 2.33. The maximum atomic E-state index is 12.1. The zero-order chi connectivity index (χ0) is 12.7. The second-order valence-electron chi connectivity index (χ2n) is 4.18. The number of carbonyl (C=O) groups is 1. The van der Waals surface area contributed by atoms with E-state index < -0.39 is 0 Å². The lowest BCUT2D eigenvalue weighted by molar-refractivity contribution is -0.116. The highest BCUT2D eigenvalue weighted by atomic mass is 35.5. The first-order valence-electron chi connectivity index (χ1n) is 5.51. The summed E-state index contributed by atoms with van der Waals surface area (Å²) in [5, 5.41) is 4.05. The van der Waals surface area contributed by atoms with Gasteiger partial charge in [-0.15, -0.1) is 0 Å². The number of nitrogens with one attached hydrogen (secondary N) is 1. The molecule has 0 radical (unpaired) electrons. The van der Waals surface area contributed by atoms with Gasteiger partial charge in [0.1, 0.15) is 0 Å². The second-order valence-corrected chi connectivity index (χ2v) is 5.02. The largest absolute Gasteiger partial charge is 0.325 e. The Hall–Kier alpha value is -1.51. The van der Waals surface area contributed by atoms with Crippen LogP contribution in [0.15, 0.2) is 42.5 Å². The van der Waals surface area contributed by atoms with Crippen molar-refractivity contribution in [2.75, 3.05) is 5.32 Å². The van der Waals surface area contributed by atoms with Gasteiger partial charge in [0.25, 0.3) is 0 Å². The van der Waals surface area contributed by atoms with Gasteiger partial charge in [-0.25, -0.2) is 0 Å². The number of halogens is 2. The van der Waals surface area contributed by atoms with Gasteiger partial charge in [-0.1, -0.05) is 41.4 Å². The Balaban J connectivity index is 2.17. The Kier molecular flexibility index (Phi) is 2.77. The van der Waals surface area contributed by atoms with E-state index >= 15 is 0 Å². The summed E-state index contributed by atoms with van der Waals surface area (Å²) in [6.07, 6.45) is 0. The quantitative estimate of drug-likeness (QED) is 0.836. The summed E-state index contributed by atoms with van der Waals surface area (Å²) in [6, 6.07) is 12.7. The van der Waals surface area contributed by atoms with Crippen molar-refractivity contribution in [3.63, 3.8) is 0 Å². The lowest BCUT2D eigenvalue weighted by Crippen LogP contribution is -2.13. The molecule has 90 valence electrons. The molecule has 4 heteroatoms. The van der Waals surface area contributed by atoms with E-state index in [1.807, 2.05) is 30.3 Å². The first kappa shape index (κ1) is 11.6. The molecule has 1 N–H and O–H groups in total. The maximum Gasteiger partial charge on any atom is 0.236 e. The average Bonchev–Trinajstić information content (AvgIpc) is 2.66. The Morgan fingerprint density at radius 3 is 2.56 bits per heavy atom. The van der Waals surface area contributed by atoms with Crippen molar-refractivity contribution in [3.05, 3.63) is 63.6 Å². The molecule has 2 nitrogen and oxygen atoms in total. The summed E-state index contributed by atoms with van der Waals surface area (Å²) < 4.78 is 0. The second kappa shape index (κ2) is 4.30. The average molecular weight is 278 g/mol. The first-order chi connectivity index (χ1) is 8.66. The van der Waals surface area contributed by atoms with Crippen LogP contribution in [-0.4, -0.2) is 5.91 Å². The van der Waals surface area contributed by atoms with Crippen molar-refractivity contribution in [1.82, 2.24) is 0 Å². The number of carbonyl (C=O) groups excluding carboxylic acids is 1. The monoisotopic (exact) mass is 277 g/mol. The minimum absolute atomic E-state index is 0.0691. The highest BCUT2D eigenvalue weighted by Crippen LogP contribution is 2.40. The van der Waals surface area contributed by atoms with Crippen LogP contribution in [0.25, 0.3) is 0 Å². The van der Waals surface area contributed by atoms with Crippen LogP contribution in [0.2, 0.25) is 10.0 Å². The summed E-state index contributed by atoms with van der Waals surface area (Å²) in [4.78, 5) is 12.1. The molecule has 0 spiro atoms.